The Bertz CT molecular complexity index is 445. The number of carbonyl (C=O) groups is 1. The van der Waals surface area contributed by atoms with Crippen LogP contribution in [0.1, 0.15) is 21.5 Å². The third-order valence-corrected chi connectivity index (χ3v) is 3.69. The van der Waals surface area contributed by atoms with E-state index in [0.29, 0.717) is 6.54 Å². The average Bonchev–Trinajstić information content (AvgIpc) is 2.43. The minimum absolute atomic E-state index is 0. The lowest BCUT2D eigenvalue weighted by Crippen LogP contribution is -2.46. The molecular weight excluding hydrogens is 274 g/mol. The Hall–Kier alpha value is -1.10. The highest BCUT2D eigenvalue weighted by molar-refractivity contribution is 5.94. The van der Waals surface area contributed by atoms with E-state index in [-0.39, 0.29) is 18.3 Å². The number of amides is 1. The smallest absolute Gasteiger partial charge is 0.251 e. The van der Waals surface area contributed by atoms with Gasteiger partial charge in [0.25, 0.3) is 5.91 Å². The first kappa shape index (κ1) is 17.0. The summed E-state index contributed by atoms with van der Waals surface area (Å²) in [6.45, 7) is 9.97. The van der Waals surface area contributed by atoms with Gasteiger partial charge in [-0.1, -0.05) is 6.07 Å². The van der Waals surface area contributed by atoms with E-state index in [2.05, 4.69) is 22.5 Å². The van der Waals surface area contributed by atoms with Crippen LogP contribution in [0.15, 0.2) is 18.2 Å². The number of carbonyl (C=O) groups excluding carboxylic acids is 1. The molecule has 2 N–H and O–H groups in total. The summed E-state index contributed by atoms with van der Waals surface area (Å²) in [5, 5.41) is 6.31. The zero-order valence-electron chi connectivity index (χ0n) is 12.2. The van der Waals surface area contributed by atoms with E-state index in [1.54, 1.807) is 0 Å². The number of hydrogen-bond donors (Lipinski definition) is 2. The first-order valence-electron chi connectivity index (χ1n) is 6.95. The van der Waals surface area contributed by atoms with Gasteiger partial charge < -0.3 is 10.6 Å². The van der Waals surface area contributed by atoms with Crippen LogP contribution < -0.4 is 10.6 Å². The van der Waals surface area contributed by atoms with E-state index < -0.39 is 0 Å². The number of benzene rings is 1. The van der Waals surface area contributed by atoms with Crippen molar-refractivity contribution < 1.29 is 4.79 Å². The molecule has 1 amide bonds. The summed E-state index contributed by atoms with van der Waals surface area (Å²) in [6, 6.07) is 5.85. The number of rotatable bonds is 4. The van der Waals surface area contributed by atoms with Crippen molar-refractivity contribution in [2.75, 3.05) is 39.3 Å². The Morgan fingerprint density at radius 1 is 1.25 bits per heavy atom. The van der Waals surface area contributed by atoms with Crippen molar-refractivity contribution in [3.05, 3.63) is 34.9 Å². The second-order valence-electron chi connectivity index (χ2n) is 5.15. The van der Waals surface area contributed by atoms with Crippen molar-refractivity contribution in [1.82, 2.24) is 15.5 Å². The molecule has 0 atom stereocenters. The largest absolute Gasteiger partial charge is 0.351 e. The number of nitrogens with one attached hydrogen (secondary N) is 2. The van der Waals surface area contributed by atoms with Crippen LogP contribution in [0.2, 0.25) is 0 Å². The van der Waals surface area contributed by atoms with Crippen LogP contribution >= 0.6 is 12.4 Å². The SMILES string of the molecule is Cc1ccc(C(=O)NCCN2CCNCC2)cc1C.Cl. The minimum Gasteiger partial charge on any atom is -0.351 e. The third-order valence-electron chi connectivity index (χ3n) is 3.69. The zero-order valence-corrected chi connectivity index (χ0v) is 13.1. The molecule has 0 unspecified atom stereocenters. The molecule has 0 radical (unpaired) electrons. The maximum atomic E-state index is 12.0. The Morgan fingerprint density at radius 2 is 1.95 bits per heavy atom. The molecule has 0 aromatic heterocycles. The van der Waals surface area contributed by atoms with E-state index in [1.807, 2.05) is 25.1 Å². The van der Waals surface area contributed by atoms with Crippen molar-refractivity contribution >= 4 is 18.3 Å². The van der Waals surface area contributed by atoms with E-state index in [9.17, 15) is 4.79 Å². The fourth-order valence-electron chi connectivity index (χ4n) is 2.25. The molecule has 0 aliphatic carbocycles. The fourth-order valence-corrected chi connectivity index (χ4v) is 2.25. The fraction of sp³-hybridized carbons (Fsp3) is 0.533. The maximum Gasteiger partial charge on any atom is 0.251 e. The van der Waals surface area contributed by atoms with Gasteiger partial charge in [0, 0.05) is 44.8 Å². The summed E-state index contributed by atoms with van der Waals surface area (Å²) >= 11 is 0. The zero-order chi connectivity index (χ0) is 13.7. The second-order valence-corrected chi connectivity index (χ2v) is 5.15. The molecular formula is C15H24ClN3O. The molecule has 1 aliphatic heterocycles. The molecule has 0 spiro atoms. The second kappa shape index (κ2) is 8.25. The van der Waals surface area contributed by atoms with Crippen LogP contribution in [0.4, 0.5) is 0 Å². The van der Waals surface area contributed by atoms with E-state index >= 15 is 0 Å². The van der Waals surface area contributed by atoms with E-state index in [0.717, 1.165) is 43.9 Å². The van der Waals surface area contributed by atoms with Gasteiger partial charge in [-0.15, -0.1) is 12.4 Å². The molecule has 4 nitrogen and oxygen atoms in total. The average molecular weight is 298 g/mol. The number of piperazine rings is 1. The lowest BCUT2D eigenvalue weighted by Gasteiger charge is -2.27. The summed E-state index contributed by atoms with van der Waals surface area (Å²) < 4.78 is 0. The van der Waals surface area contributed by atoms with Gasteiger partial charge in [-0.25, -0.2) is 0 Å². The summed E-state index contributed by atoms with van der Waals surface area (Å²) in [7, 11) is 0. The van der Waals surface area contributed by atoms with Crippen LogP contribution in [0.3, 0.4) is 0 Å². The molecule has 1 heterocycles. The highest BCUT2D eigenvalue weighted by atomic mass is 35.5. The molecule has 1 aromatic rings. The van der Waals surface area contributed by atoms with Crippen LogP contribution in [-0.2, 0) is 0 Å². The Labute approximate surface area is 127 Å². The lowest BCUT2D eigenvalue weighted by atomic mass is 10.1. The number of hydrogen-bond acceptors (Lipinski definition) is 3. The molecule has 0 saturated carbocycles. The first-order chi connectivity index (χ1) is 9.16. The van der Waals surface area contributed by atoms with Gasteiger partial charge in [0.15, 0.2) is 0 Å². The molecule has 1 aromatic carbocycles. The Kier molecular flexibility index (Phi) is 6.99. The molecule has 1 aliphatic rings. The molecule has 2 rings (SSSR count). The van der Waals surface area contributed by atoms with Gasteiger partial charge in [-0.3, -0.25) is 9.69 Å². The molecule has 0 bridgehead atoms. The van der Waals surface area contributed by atoms with Gasteiger partial charge in [-0.2, -0.15) is 0 Å². The number of nitrogens with zero attached hydrogens (tertiary/aromatic N) is 1. The first-order valence-corrected chi connectivity index (χ1v) is 6.95. The lowest BCUT2D eigenvalue weighted by molar-refractivity contribution is 0.0947. The van der Waals surface area contributed by atoms with E-state index in [4.69, 9.17) is 0 Å². The van der Waals surface area contributed by atoms with Crippen LogP contribution in [0, 0.1) is 13.8 Å². The van der Waals surface area contributed by atoms with Crippen molar-refractivity contribution in [3.63, 3.8) is 0 Å². The van der Waals surface area contributed by atoms with Crippen molar-refractivity contribution in [3.8, 4) is 0 Å². The van der Waals surface area contributed by atoms with Gasteiger partial charge in [-0.05, 0) is 37.1 Å². The topological polar surface area (TPSA) is 44.4 Å². The van der Waals surface area contributed by atoms with Crippen LogP contribution in [0.25, 0.3) is 0 Å². The summed E-state index contributed by atoms with van der Waals surface area (Å²) in [4.78, 5) is 14.4. The monoisotopic (exact) mass is 297 g/mol. The predicted octanol–water partition coefficient (Wildman–Crippen LogP) is 1.36. The Morgan fingerprint density at radius 3 is 2.60 bits per heavy atom. The predicted molar refractivity (Wildman–Crippen MR) is 84.8 cm³/mol. The van der Waals surface area contributed by atoms with Gasteiger partial charge in [0.2, 0.25) is 0 Å². The molecule has 1 saturated heterocycles. The molecule has 1 fully saturated rings. The van der Waals surface area contributed by atoms with Crippen LogP contribution in [0.5, 0.6) is 0 Å². The highest BCUT2D eigenvalue weighted by Gasteiger charge is 2.10. The molecule has 20 heavy (non-hydrogen) atoms. The molecule has 5 heteroatoms. The van der Waals surface area contributed by atoms with Gasteiger partial charge in [0.05, 0.1) is 0 Å². The van der Waals surface area contributed by atoms with Gasteiger partial charge >= 0.3 is 0 Å². The van der Waals surface area contributed by atoms with Crippen LogP contribution in [-0.4, -0.2) is 50.1 Å². The van der Waals surface area contributed by atoms with Crippen molar-refractivity contribution in [2.24, 2.45) is 0 Å². The highest BCUT2D eigenvalue weighted by Crippen LogP contribution is 2.09. The number of halogens is 1. The summed E-state index contributed by atoms with van der Waals surface area (Å²) in [6.07, 6.45) is 0. The summed E-state index contributed by atoms with van der Waals surface area (Å²) in [5.74, 6) is 0.0261. The normalized spacial score (nSPS) is 15.5. The standard InChI is InChI=1S/C15H23N3O.ClH/c1-12-3-4-14(11-13(12)2)15(19)17-7-10-18-8-5-16-6-9-18;/h3-4,11,16H,5-10H2,1-2H3,(H,17,19);1H. The quantitative estimate of drug-likeness (QED) is 0.882. The molecule has 112 valence electrons. The number of aryl methyl sites for hydroxylation is 2. The minimum atomic E-state index is 0. The maximum absolute atomic E-state index is 12.0. The third kappa shape index (κ3) is 4.78. The Balaban J connectivity index is 0.00000200. The van der Waals surface area contributed by atoms with Crippen molar-refractivity contribution in [2.45, 2.75) is 13.8 Å². The summed E-state index contributed by atoms with van der Waals surface area (Å²) in [5.41, 5.74) is 3.13. The van der Waals surface area contributed by atoms with Crippen molar-refractivity contribution in [1.29, 1.82) is 0 Å². The van der Waals surface area contributed by atoms with Gasteiger partial charge in [0.1, 0.15) is 0 Å². The van der Waals surface area contributed by atoms with E-state index in [1.165, 1.54) is 5.56 Å².